The van der Waals surface area contributed by atoms with E-state index >= 15 is 0 Å². The Bertz CT molecular complexity index is 1070. The van der Waals surface area contributed by atoms with E-state index in [1.165, 1.54) is 5.56 Å². The van der Waals surface area contributed by atoms with Crippen molar-refractivity contribution in [2.45, 2.75) is 31.3 Å². The first kappa shape index (κ1) is 22.8. The third-order valence-electron chi connectivity index (χ3n) is 6.50. The fourth-order valence-corrected chi connectivity index (χ4v) is 4.40. The maximum Gasteiger partial charge on any atom is 0.246 e. The molecule has 1 fully saturated rings. The molecule has 4 nitrogen and oxygen atoms in total. The van der Waals surface area contributed by atoms with Gasteiger partial charge in [-0.2, -0.15) is 0 Å². The Kier molecular flexibility index (Phi) is 7.26. The molecule has 0 atom stereocenters. The van der Waals surface area contributed by atoms with Crippen LogP contribution >= 0.6 is 0 Å². The highest BCUT2D eigenvalue weighted by molar-refractivity contribution is 5.95. The van der Waals surface area contributed by atoms with Crippen LogP contribution in [-0.2, 0) is 16.8 Å². The van der Waals surface area contributed by atoms with Crippen LogP contribution in [0.1, 0.15) is 36.0 Å². The van der Waals surface area contributed by atoms with Crippen LogP contribution in [0.15, 0.2) is 91.0 Å². The number of rotatable bonds is 7. The number of likely N-dealkylation sites (tertiary alicyclic amines) is 1. The average molecular weight is 442 g/mol. The van der Waals surface area contributed by atoms with E-state index in [0.717, 1.165) is 35.3 Å². The van der Waals surface area contributed by atoms with Crippen LogP contribution in [0.5, 0.6) is 5.75 Å². The van der Waals surface area contributed by atoms with Crippen LogP contribution in [0.3, 0.4) is 0 Å². The van der Waals surface area contributed by atoms with Crippen molar-refractivity contribution < 1.29 is 14.6 Å². The quantitative estimate of drug-likeness (QED) is 0.511. The highest BCUT2D eigenvalue weighted by Gasteiger charge is 2.34. The van der Waals surface area contributed by atoms with Crippen LogP contribution in [0.25, 0.3) is 5.57 Å². The zero-order valence-electron chi connectivity index (χ0n) is 19.1. The second-order valence-corrected chi connectivity index (χ2v) is 8.61. The molecule has 0 aliphatic carbocycles. The molecule has 1 N–H and O–H groups in total. The number of allylic oxidation sites excluding steroid dienone is 1. The SMILES string of the molecule is COc1ccc(CC/C(=C/C(=O)N2CCC(O)(c3ccccc3)CC2)c2ccccc2)cc1. The van der Waals surface area contributed by atoms with Gasteiger partial charge in [-0.15, -0.1) is 0 Å². The van der Waals surface area contributed by atoms with Gasteiger partial charge in [0.05, 0.1) is 12.7 Å². The van der Waals surface area contributed by atoms with Crippen molar-refractivity contribution in [1.82, 2.24) is 4.90 Å². The molecule has 0 radical (unpaired) electrons. The number of hydrogen-bond donors (Lipinski definition) is 1. The monoisotopic (exact) mass is 441 g/mol. The van der Waals surface area contributed by atoms with Crippen molar-refractivity contribution in [3.05, 3.63) is 108 Å². The second-order valence-electron chi connectivity index (χ2n) is 8.61. The van der Waals surface area contributed by atoms with E-state index < -0.39 is 5.60 Å². The van der Waals surface area contributed by atoms with E-state index in [9.17, 15) is 9.90 Å². The van der Waals surface area contributed by atoms with Gasteiger partial charge in [-0.25, -0.2) is 0 Å². The van der Waals surface area contributed by atoms with Gasteiger partial charge in [-0.05, 0) is 60.1 Å². The number of piperidine rings is 1. The summed E-state index contributed by atoms with van der Waals surface area (Å²) in [6.07, 6.45) is 4.48. The molecular formula is C29H31NO3. The van der Waals surface area contributed by atoms with Crippen molar-refractivity contribution in [1.29, 1.82) is 0 Å². The maximum absolute atomic E-state index is 13.2. The number of carbonyl (C=O) groups excluding carboxylic acids is 1. The number of carbonyl (C=O) groups is 1. The molecule has 1 aliphatic rings. The van der Waals surface area contributed by atoms with Crippen LogP contribution in [0.2, 0.25) is 0 Å². The fraction of sp³-hybridized carbons (Fsp3) is 0.276. The molecule has 0 saturated carbocycles. The van der Waals surface area contributed by atoms with E-state index in [2.05, 4.69) is 24.3 Å². The first-order valence-corrected chi connectivity index (χ1v) is 11.5. The number of ether oxygens (including phenoxy) is 1. The van der Waals surface area contributed by atoms with Gasteiger partial charge in [-0.3, -0.25) is 4.79 Å². The summed E-state index contributed by atoms with van der Waals surface area (Å²) in [5.41, 5.74) is 3.36. The minimum atomic E-state index is -0.863. The molecule has 4 heteroatoms. The van der Waals surface area contributed by atoms with E-state index in [0.29, 0.717) is 25.9 Å². The van der Waals surface area contributed by atoms with Crippen LogP contribution in [-0.4, -0.2) is 36.1 Å². The van der Waals surface area contributed by atoms with E-state index in [1.807, 2.05) is 65.6 Å². The topological polar surface area (TPSA) is 49.8 Å². The molecule has 3 aromatic carbocycles. The van der Waals surface area contributed by atoms with Gasteiger partial charge in [0.2, 0.25) is 5.91 Å². The van der Waals surface area contributed by atoms with Crippen LogP contribution in [0.4, 0.5) is 0 Å². The highest BCUT2D eigenvalue weighted by atomic mass is 16.5. The summed E-state index contributed by atoms with van der Waals surface area (Å²) in [6.45, 7) is 1.09. The number of amides is 1. The minimum absolute atomic E-state index is 0.0127. The van der Waals surface area contributed by atoms with Crippen LogP contribution < -0.4 is 4.74 Å². The molecular weight excluding hydrogens is 410 g/mol. The molecule has 170 valence electrons. The Morgan fingerprint density at radius 3 is 2.15 bits per heavy atom. The van der Waals surface area contributed by atoms with Gasteiger partial charge in [0.15, 0.2) is 0 Å². The lowest BCUT2D eigenvalue weighted by Crippen LogP contribution is -2.44. The molecule has 0 bridgehead atoms. The van der Waals surface area contributed by atoms with Gasteiger partial charge in [0, 0.05) is 19.2 Å². The summed E-state index contributed by atoms with van der Waals surface area (Å²) in [5, 5.41) is 11.1. The first-order chi connectivity index (χ1) is 16.1. The Balaban J connectivity index is 1.46. The molecule has 1 heterocycles. The van der Waals surface area contributed by atoms with Gasteiger partial charge in [-0.1, -0.05) is 72.8 Å². The van der Waals surface area contributed by atoms with Gasteiger partial charge >= 0.3 is 0 Å². The Morgan fingerprint density at radius 2 is 1.55 bits per heavy atom. The van der Waals surface area contributed by atoms with Gasteiger partial charge < -0.3 is 14.7 Å². The van der Waals surface area contributed by atoms with Crippen molar-refractivity contribution in [3.8, 4) is 5.75 Å². The minimum Gasteiger partial charge on any atom is -0.497 e. The van der Waals surface area contributed by atoms with Crippen molar-refractivity contribution in [2.24, 2.45) is 0 Å². The lowest BCUT2D eigenvalue weighted by atomic mass is 9.84. The normalized spacial score (nSPS) is 15.8. The molecule has 1 amide bonds. The van der Waals surface area contributed by atoms with Gasteiger partial charge in [0.1, 0.15) is 5.75 Å². The second kappa shape index (κ2) is 10.5. The maximum atomic E-state index is 13.2. The van der Waals surface area contributed by atoms with E-state index in [1.54, 1.807) is 13.2 Å². The summed E-state index contributed by atoms with van der Waals surface area (Å²) in [7, 11) is 1.66. The zero-order valence-corrected chi connectivity index (χ0v) is 19.1. The third-order valence-corrected chi connectivity index (χ3v) is 6.50. The summed E-state index contributed by atoms with van der Waals surface area (Å²) >= 11 is 0. The highest BCUT2D eigenvalue weighted by Crippen LogP contribution is 2.33. The number of hydrogen-bond acceptors (Lipinski definition) is 3. The number of aryl methyl sites for hydroxylation is 1. The smallest absolute Gasteiger partial charge is 0.246 e. The molecule has 4 rings (SSSR count). The largest absolute Gasteiger partial charge is 0.497 e. The van der Waals surface area contributed by atoms with Crippen LogP contribution in [0, 0.1) is 0 Å². The molecule has 1 saturated heterocycles. The molecule has 33 heavy (non-hydrogen) atoms. The molecule has 3 aromatic rings. The lowest BCUT2D eigenvalue weighted by Gasteiger charge is -2.38. The predicted molar refractivity (Wildman–Crippen MR) is 132 cm³/mol. The molecule has 1 aliphatic heterocycles. The molecule has 0 aromatic heterocycles. The summed E-state index contributed by atoms with van der Waals surface area (Å²) in [4.78, 5) is 15.0. The number of methoxy groups -OCH3 is 1. The number of benzene rings is 3. The van der Waals surface area contributed by atoms with Gasteiger partial charge in [0.25, 0.3) is 0 Å². The summed E-state index contributed by atoms with van der Waals surface area (Å²) < 4.78 is 5.25. The zero-order chi connectivity index (χ0) is 23.1. The fourth-order valence-electron chi connectivity index (χ4n) is 4.40. The van der Waals surface area contributed by atoms with E-state index in [-0.39, 0.29) is 5.91 Å². The lowest BCUT2D eigenvalue weighted by molar-refractivity contribution is -0.130. The Labute approximate surface area is 196 Å². The number of aliphatic hydroxyl groups is 1. The Morgan fingerprint density at radius 1 is 0.939 bits per heavy atom. The number of nitrogens with zero attached hydrogens (tertiary/aromatic N) is 1. The summed E-state index contributed by atoms with van der Waals surface area (Å²) in [5.74, 6) is 0.854. The average Bonchev–Trinajstić information content (AvgIpc) is 2.88. The Hall–Kier alpha value is -3.37. The van der Waals surface area contributed by atoms with E-state index in [4.69, 9.17) is 4.74 Å². The summed E-state index contributed by atoms with van der Waals surface area (Å²) in [6, 6.07) is 27.9. The molecule has 0 unspecified atom stereocenters. The van der Waals surface area contributed by atoms with Crippen molar-refractivity contribution in [2.75, 3.05) is 20.2 Å². The third kappa shape index (κ3) is 5.71. The first-order valence-electron chi connectivity index (χ1n) is 11.5. The van der Waals surface area contributed by atoms with Crippen molar-refractivity contribution in [3.63, 3.8) is 0 Å². The standard InChI is InChI=1S/C29H31NO3/c1-33-27-16-13-23(14-17-27)12-15-25(24-8-4-2-5-9-24)22-28(31)30-20-18-29(32,19-21-30)26-10-6-3-7-11-26/h2-11,13-14,16-17,22,32H,12,15,18-21H2,1H3/b25-22-. The molecule has 0 spiro atoms. The van der Waals surface area contributed by atoms with Crippen molar-refractivity contribution >= 4 is 11.5 Å². The predicted octanol–water partition coefficient (Wildman–Crippen LogP) is 5.22.